The fourth-order valence-electron chi connectivity index (χ4n) is 0.954. The number of phenols is 2. The van der Waals surface area contributed by atoms with Crippen LogP contribution in [0.25, 0.3) is 0 Å². The summed E-state index contributed by atoms with van der Waals surface area (Å²) in [6.07, 6.45) is 0. The van der Waals surface area contributed by atoms with E-state index >= 15 is 0 Å². The normalized spacial score (nSPS) is 10.2. The third-order valence-electron chi connectivity index (χ3n) is 1.58. The van der Waals surface area contributed by atoms with Crippen molar-refractivity contribution in [2.75, 3.05) is 0 Å². The average Bonchev–Trinajstić information content (AvgIpc) is 2.09. The SMILES string of the molecule is OCc1cc(O)c(O)c(CO)c1. The van der Waals surface area contributed by atoms with E-state index in [1.807, 2.05) is 0 Å². The summed E-state index contributed by atoms with van der Waals surface area (Å²) in [5.74, 6) is -0.666. The molecule has 0 spiro atoms. The van der Waals surface area contributed by atoms with Crippen LogP contribution in [-0.4, -0.2) is 20.4 Å². The van der Waals surface area contributed by atoms with Crippen molar-refractivity contribution in [3.8, 4) is 11.5 Å². The number of aliphatic hydroxyl groups is 2. The van der Waals surface area contributed by atoms with Gasteiger partial charge >= 0.3 is 0 Å². The second-order valence-electron chi connectivity index (χ2n) is 2.44. The first kappa shape index (κ1) is 8.83. The van der Waals surface area contributed by atoms with Gasteiger partial charge in [-0.05, 0) is 17.7 Å². The summed E-state index contributed by atoms with van der Waals surface area (Å²) >= 11 is 0. The lowest BCUT2D eigenvalue weighted by Crippen LogP contribution is -1.89. The molecule has 12 heavy (non-hydrogen) atoms. The Balaban J connectivity index is 3.19. The molecule has 0 aromatic heterocycles. The Hall–Kier alpha value is -1.26. The summed E-state index contributed by atoms with van der Waals surface area (Å²) < 4.78 is 0. The second-order valence-corrected chi connectivity index (χ2v) is 2.44. The van der Waals surface area contributed by atoms with Crippen LogP contribution in [0.1, 0.15) is 11.1 Å². The van der Waals surface area contributed by atoms with Crippen molar-refractivity contribution in [1.29, 1.82) is 0 Å². The highest BCUT2D eigenvalue weighted by atomic mass is 16.3. The number of rotatable bonds is 2. The molecular formula is C8H10O4. The fraction of sp³-hybridized carbons (Fsp3) is 0.250. The largest absolute Gasteiger partial charge is 0.504 e. The summed E-state index contributed by atoms with van der Waals surface area (Å²) in [6.45, 7) is -0.603. The maximum absolute atomic E-state index is 9.13. The fourth-order valence-corrected chi connectivity index (χ4v) is 0.954. The minimum absolute atomic E-state index is 0.207. The quantitative estimate of drug-likeness (QED) is 0.474. The van der Waals surface area contributed by atoms with E-state index < -0.39 is 0 Å². The maximum Gasteiger partial charge on any atom is 0.163 e. The zero-order chi connectivity index (χ0) is 9.14. The molecule has 0 unspecified atom stereocenters. The predicted molar refractivity (Wildman–Crippen MR) is 41.6 cm³/mol. The molecule has 4 heteroatoms. The molecule has 4 nitrogen and oxygen atoms in total. The first-order valence-corrected chi connectivity index (χ1v) is 3.44. The lowest BCUT2D eigenvalue weighted by atomic mass is 10.1. The van der Waals surface area contributed by atoms with Crippen molar-refractivity contribution in [2.24, 2.45) is 0 Å². The van der Waals surface area contributed by atoms with E-state index in [-0.39, 0.29) is 30.3 Å². The molecule has 0 amide bonds. The summed E-state index contributed by atoms with van der Waals surface area (Å²) in [4.78, 5) is 0. The maximum atomic E-state index is 9.13. The predicted octanol–water partition coefficient (Wildman–Crippen LogP) is 0.0824. The first-order chi connectivity index (χ1) is 5.69. The molecule has 0 aliphatic rings. The van der Waals surface area contributed by atoms with Gasteiger partial charge in [0.2, 0.25) is 0 Å². The molecule has 66 valence electrons. The smallest absolute Gasteiger partial charge is 0.163 e. The molecular weight excluding hydrogens is 160 g/mol. The molecule has 0 fully saturated rings. The third-order valence-corrected chi connectivity index (χ3v) is 1.58. The molecule has 0 radical (unpaired) electrons. The van der Waals surface area contributed by atoms with Crippen LogP contribution >= 0.6 is 0 Å². The van der Waals surface area contributed by atoms with E-state index in [2.05, 4.69) is 0 Å². The summed E-state index contributed by atoms with van der Waals surface area (Å²) in [5.41, 5.74) is 0.661. The van der Waals surface area contributed by atoms with Crippen LogP contribution in [-0.2, 0) is 13.2 Å². The van der Waals surface area contributed by atoms with Crippen LogP contribution in [0.15, 0.2) is 12.1 Å². The molecule has 1 aromatic carbocycles. The minimum Gasteiger partial charge on any atom is -0.504 e. The van der Waals surface area contributed by atoms with Crippen LogP contribution < -0.4 is 0 Å². The molecule has 0 saturated carbocycles. The molecule has 0 aliphatic carbocycles. The van der Waals surface area contributed by atoms with Crippen molar-refractivity contribution in [3.63, 3.8) is 0 Å². The van der Waals surface area contributed by atoms with Crippen LogP contribution in [0.4, 0.5) is 0 Å². The van der Waals surface area contributed by atoms with Gasteiger partial charge in [-0.2, -0.15) is 0 Å². The van der Waals surface area contributed by atoms with Crippen molar-refractivity contribution < 1.29 is 20.4 Å². The Bertz CT molecular complexity index is 283. The number of hydrogen-bond donors (Lipinski definition) is 4. The molecule has 1 aromatic rings. The van der Waals surface area contributed by atoms with E-state index in [1.165, 1.54) is 12.1 Å². The van der Waals surface area contributed by atoms with Gasteiger partial charge in [0.15, 0.2) is 11.5 Å². The van der Waals surface area contributed by atoms with Crippen LogP contribution in [0, 0.1) is 0 Å². The van der Waals surface area contributed by atoms with E-state index in [4.69, 9.17) is 20.4 Å². The number of aliphatic hydroxyl groups excluding tert-OH is 2. The molecule has 1 rings (SSSR count). The Kier molecular flexibility index (Phi) is 2.52. The van der Waals surface area contributed by atoms with E-state index in [1.54, 1.807) is 0 Å². The first-order valence-electron chi connectivity index (χ1n) is 3.44. The number of phenolic OH excluding ortho intramolecular Hbond substituents is 1. The van der Waals surface area contributed by atoms with Crippen molar-refractivity contribution in [3.05, 3.63) is 23.3 Å². The topological polar surface area (TPSA) is 80.9 Å². The van der Waals surface area contributed by atoms with E-state index in [0.717, 1.165) is 0 Å². The van der Waals surface area contributed by atoms with Gasteiger partial charge in [0.1, 0.15) is 0 Å². The van der Waals surface area contributed by atoms with Crippen molar-refractivity contribution >= 4 is 0 Å². The highest BCUT2D eigenvalue weighted by Gasteiger charge is 2.07. The molecule has 0 aliphatic heterocycles. The minimum atomic E-state index is -0.368. The molecule has 0 atom stereocenters. The monoisotopic (exact) mass is 170 g/mol. The van der Waals surface area contributed by atoms with E-state index in [0.29, 0.717) is 5.56 Å². The van der Waals surface area contributed by atoms with Gasteiger partial charge in [-0.25, -0.2) is 0 Å². The Labute approximate surface area is 69.3 Å². The van der Waals surface area contributed by atoms with Crippen LogP contribution in [0.2, 0.25) is 0 Å². The Morgan fingerprint density at radius 3 is 2.17 bits per heavy atom. The summed E-state index contributed by atoms with van der Waals surface area (Å²) in [5, 5.41) is 35.6. The summed E-state index contributed by atoms with van der Waals surface area (Å²) in [7, 11) is 0. The Morgan fingerprint density at radius 2 is 1.67 bits per heavy atom. The zero-order valence-electron chi connectivity index (χ0n) is 6.36. The molecule has 4 N–H and O–H groups in total. The second kappa shape index (κ2) is 3.42. The molecule has 0 heterocycles. The third kappa shape index (κ3) is 1.49. The van der Waals surface area contributed by atoms with Gasteiger partial charge in [0, 0.05) is 5.56 Å². The van der Waals surface area contributed by atoms with Gasteiger partial charge < -0.3 is 20.4 Å². The van der Waals surface area contributed by atoms with Gasteiger partial charge in [0.05, 0.1) is 13.2 Å². The zero-order valence-corrected chi connectivity index (χ0v) is 6.36. The average molecular weight is 170 g/mol. The number of hydrogen-bond acceptors (Lipinski definition) is 4. The van der Waals surface area contributed by atoms with Gasteiger partial charge in [-0.1, -0.05) is 0 Å². The molecule has 0 bridgehead atoms. The lowest BCUT2D eigenvalue weighted by Gasteiger charge is -2.05. The van der Waals surface area contributed by atoms with Gasteiger partial charge in [-0.15, -0.1) is 0 Å². The highest BCUT2D eigenvalue weighted by Crippen LogP contribution is 2.30. The standard InChI is InChI=1S/C8H10O4/c9-3-5-1-6(4-10)8(12)7(11)2-5/h1-2,9-12H,3-4H2. The van der Waals surface area contributed by atoms with Crippen molar-refractivity contribution in [1.82, 2.24) is 0 Å². The number of aromatic hydroxyl groups is 2. The molecule has 0 saturated heterocycles. The van der Waals surface area contributed by atoms with Crippen LogP contribution in [0.5, 0.6) is 11.5 Å². The van der Waals surface area contributed by atoms with E-state index in [9.17, 15) is 0 Å². The lowest BCUT2D eigenvalue weighted by molar-refractivity contribution is 0.267. The summed E-state index contributed by atoms with van der Waals surface area (Å²) in [6, 6.07) is 2.67. The van der Waals surface area contributed by atoms with Crippen LogP contribution in [0.3, 0.4) is 0 Å². The van der Waals surface area contributed by atoms with Gasteiger partial charge in [-0.3, -0.25) is 0 Å². The Morgan fingerprint density at radius 1 is 1.00 bits per heavy atom. The highest BCUT2D eigenvalue weighted by molar-refractivity contribution is 5.47. The number of benzene rings is 1. The van der Waals surface area contributed by atoms with Gasteiger partial charge in [0.25, 0.3) is 0 Å². The van der Waals surface area contributed by atoms with Crippen molar-refractivity contribution in [2.45, 2.75) is 13.2 Å².